The number of benzene rings is 2. The van der Waals surface area contributed by atoms with E-state index in [1.165, 1.54) is 11.3 Å². The molecular weight excluding hydrogens is 348 g/mol. The van der Waals surface area contributed by atoms with E-state index in [4.69, 9.17) is 9.47 Å². The highest BCUT2D eigenvalue weighted by Gasteiger charge is 2.13. The first kappa shape index (κ1) is 17.9. The van der Waals surface area contributed by atoms with Crippen molar-refractivity contribution in [3.63, 3.8) is 0 Å². The molecule has 0 aliphatic heterocycles. The van der Waals surface area contributed by atoms with Crippen LogP contribution >= 0.6 is 11.3 Å². The summed E-state index contributed by atoms with van der Waals surface area (Å²) in [7, 11) is 1.59. The lowest BCUT2D eigenvalue weighted by molar-refractivity contribution is 0.102. The number of thiazole rings is 1. The highest BCUT2D eigenvalue weighted by atomic mass is 32.1. The highest BCUT2D eigenvalue weighted by Crippen LogP contribution is 2.31. The van der Waals surface area contributed by atoms with E-state index < -0.39 is 0 Å². The molecule has 0 radical (unpaired) electrons. The van der Waals surface area contributed by atoms with Crippen LogP contribution in [0.1, 0.15) is 22.2 Å². The zero-order chi connectivity index (χ0) is 18.5. The van der Waals surface area contributed by atoms with Gasteiger partial charge in [0.05, 0.1) is 19.4 Å². The number of carbonyl (C=O) groups is 1. The zero-order valence-electron chi connectivity index (χ0n) is 14.9. The Morgan fingerprint density at radius 3 is 2.35 bits per heavy atom. The zero-order valence-corrected chi connectivity index (χ0v) is 15.7. The number of aryl methyl sites for hydroxylation is 1. The molecule has 26 heavy (non-hydrogen) atoms. The van der Waals surface area contributed by atoms with E-state index in [1.807, 2.05) is 38.1 Å². The Hall–Kier alpha value is -2.86. The minimum absolute atomic E-state index is 0.195. The van der Waals surface area contributed by atoms with Gasteiger partial charge in [-0.15, -0.1) is 11.3 Å². The van der Waals surface area contributed by atoms with E-state index in [9.17, 15) is 4.79 Å². The number of amides is 1. The van der Waals surface area contributed by atoms with Crippen molar-refractivity contribution in [2.75, 3.05) is 19.0 Å². The predicted octanol–water partition coefficient (Wildman–Crippen LogP) is 4.78. The monoisotopic (exact) mass is 368 g/mol. The molecule has 134 valence electrons. The van der Waals surface area contributed by atoms with Crippen molar-refractivity contribution in [3.05, 3.63) is 59.0 Å². The standard InChI is InChI=1S/C20H20N2O3S/c1-4-25-17-11-5-14(6-12-17)18-13(2)26-20(21-18)22-19(23)15-7-9-16(24-3)10-8-15/h5-12H,4H2,1-3H3,(H,21,22,23). The van der Waals surface area contributed by atoms with Crippen molar-refractivity contribution in [1.82, 2.24) is 4.98 Å². The Labute approximate surface area is 156 Å². The summed E-state index contributed by atoms with van der Waals surface area (Å²) < 4.78 is 10.6. The second-order valence-electron chi connectivity index (χ2n) is 5.56. The molecule has 0 fully saturated rings. The average molecular weight is 368 g/mol. The number of hydrogen-bond acceptors (Lipinski definition) is 5. The van der Waals surface area contributed by atoms with E-state index in [0.29, 0.717) is 23.1 Å². The SMILES string of the molecule is CCOc1ccc(-c2nc(NC(=O)c3ccc(OC)cc3)sc2C)cc1. The minimum atomic E-state index is -0.195. The van der Waals surface area contributed by atoms with Gasteiger partial charge in [0.1, 0.15) is 11.5 Å². The van der Waals surface area contributed by atoms with E-state index in [0.717, 1.165) is 21.9 Å². The Morgan fingerprint density at radius 1 is 1.08 bits per heavy atom. The molecule has 0 atom stereocenters. The molecule has 0 saturated heterocycles. The molecule has 0 spiro atoms. The molecule has 6 heteroatoms. The van der Waals surface area contributed by atoms with Gasteiger partial charge in [-0.05, 0) is 62.4 Å². The van der Waals surface area contributed by atoms with Gasteiger partial charge in [0.15, 0.2) is 5.13 Å². The van der Waals surface area contributed by atoms with Crippen LogP contribution in [0.2, 0.25) is 0 Å². The fourth-order valence-corrected chi connectivity index (χ4v) is 3.34. The van der Waals surface area contributed by atoms with Crippen LogP contribution in [0.4, 0.5) is 5.13 Å². The normalized spacial score (nSPS) is 10.4. The van der Waals surface area contributed by atoms with Crippen LogP contribution in [0.3, 0.4) is 0 Å². The summed E-state index contributed by atoms with van der Waals surface area (Å²) in [6.07, 6.45) is 0. The van der Waals surface area contributed by atoms with Crippen LogP contribution in [0.5, 0.6) is 11.5 Å². The number of hydrogen-bond donors (Lipinski definition) is 1. The number of anilines is 1. The molecule has 3 rings (SSSR count). The van der Waals surface area contributed by atoms with E-state index >= 15 is 0 Å². The maximum atomic E-state index is 12.4. The molecule has 1 heterocycles. The summed E-state index contributed by atoms with van der Waals surface area (Å²) in [4.78, 5) is 18.0. The maximum Gasteiger partial charge on any atom is 0.257 e. The number of nitrogens with zero attached hydrogens (tertiary/aromatic N) is 1. The number of methoxy groups -OCH3 is 1. The molecule has 5 nitrogen and oxygen atoms in total. The van der Waals surface area contributed by atoms with Crippen molar-refractivity contribution in [2.45, 2.75) is 13.8 Å². The van der Waals surface area contributed by atoms with Gasteiger partial charge in [-0.3, -0.25) is 10.1 Å². The molecule has 1 aromatic heterocycles. The van der Waals surface area contributed by atoms with Crippen molar-refractivity contribution in [1.29, 1.82) is 0 Å². The predicted molar refractivity (Wildman–Crippen MR) is 104 cm³/mol. The van der Waals surface area contributed by atoms with E-state index in [2.05, 4.69) is 10.3 Å². The third-order valence-electron chi connectivity index (χ3n) is 3.81. The van der Waals surface area contributed by atoms with Crippen LogP contribution < -0.4 is 14.8 Å². The minimum Gasteiger partial charge on any atom is -0.497 e. The van der Waals surface area contributed by atoms with Crippen molar-refractivity contribution < 1.29 is 14.3 Å². The number of aromatic nitrogens is 1. The third-order valence-corrected chi connectivity index (χ3v) is 4.69. The van der Waals surface area contributed by atoms with Gasteiger partial charge in [-0.25, -0.2) is 4.98 Å². The van der Waals surface area contributed by atoms with Gasteiger partial charge in [0.2, 0.25) is 0 Å². The lowest BCUT2D eigenvalue weighted by Crippen LogP contribution is -2.11. The second kappa shape index (κ2) is 8.01. The van der Waals surface area contributed by atoms with Crippen LogP contribution in [-0.2, 0) is 0 Å². The first-order valence-corrected chi connectivity index (χ1v) is 9.08. The third kappa shape index (κ3) is 4.03. The molecule has 1 N–H and O–H groups in total. The van der Waals surface area contributed by atoms with E-state index in [-0.39, 0.29) is 5.91 Å². The maximum absolute atomic E-state index is 12.4. The largest absolute Gasteiger partial charge is 0.497 e. The molecule has 0 aliphatic carbocycles. The second-order valence-corrected chi connectivity index (χ2v) is 6.77. The molecule has 0 saturated carbocycles. The summed E-state index contributed by atoms with van der Waals surface area (Å²) >= 11 is 1.46. The fourth-order valence-electron chi connectivity index (χ4n) is 2.51. The Kier molecular flexibility index (Phi) is 5.53. The summed E-state index contributed by atoms with van der Waals surface area (Å²) in [5.74, 6) is 1.35. The molecule has 1 amide bonds. The van der Waals surface area contributed by atoms with Gasteiger partial charge >= 0.3 is 0 Å². The van der Waals surface area contributed by atoms with Crippen LogP contribution in [-0.4, -0.2) is 24.6 Å². The number of ether oxygens (including phenoxy) is 2. The van der Waals surface area contributed by atoms with Gasteiger partial charge in [0, 0.05) is 16.0 Å². The Bertz CT molecular complexity index is 886. The topological polar surface area (TPSA) is 60.5 Å². The number of carbonyl (C=O) groups excluding carboxylic acids is 1. The molecule has 3 aromatic rings. The van der Waals surface area contributed by atoms with Crippen molar-refractivity contribution in [3.8, 4) is 22.8 Å². The molecule has 0 unspecified atom stereocenters. The summed E-state index contributed by atoms with van der Waals surface area (Å²) in [5.41, 5.74) is 2.41. The first-order valence-electron chi connectivity index (χ1n) is 8.26. The van der Waals surface area contributed by atoms with Gasteiger partial charge in [0.25, 0.3) is 5.91 Å². The van der Waals surface area contributed by atoms with Crippen molar-refractivity contribution in [2.24, 2.45) is 0 Å². The van der Waals surface area contributed by atoms with Gasteiger partial charge < -0.3 is 9.47 Å². The first-order chi connectivity index (χ1) is 12.6. The Morgan fingerprint density at radius 2 is 1.73 bits per heavy atom. The van der Waals surface area contributed by atoms with Gasteiger partial charge in [-0.1, -0.05) is 0 Å². The molecule has 0 bridgehead atoms. The van der Waals surface area contributed by atoms with Crippen LogP contribution in [0, 0.1) is 6.92 Å². The molecule has 0 aliphatic rings. The lowest BCUT2D eigenvalue weighted by atomic mass is 10.1. The summed E-state index contributed by atoms with van der Waals surface area (Å²) in [6, 6.07) is 14.8. The number of nitrogens with one attached hydrogen (secondary N) is 1. The van der Waals surface area contributed by atoms with Crippen LogP contribution in [0.15, 0.2) is 48.5 Å². The molecular formula is C20H20N2O3S. The van der Waals surface area contributed by atoms with E-state index in [1.54, 1.807) is 31.4 Å². The number of rotatable bonds is 6. The van der Waals surface area contributed by atoms with Crippen molar-refractivity contribution >= 4 is 22.4 Å². The lowest BCUT2D eigenvalue weighted by Gasteiger charge is -2.04. The summed E-state index contributed by atoms with van der Waals surface area (Å²) in [6.45, 7) is 4.58. The van der Waals surface area contributed by atoms with Gasteiger partial charge in [-0.2, -0.15) is 0 Å². The highest BCUT2D eigenvalue weighted by molar-refractivity contribution is 7.16. The quantitative estimate of drug-likeness (QED) is 0.680. The summed E-state index contributed by atoms with van der Waals surface area (Å²) in [5, 5.41) is 3.44. The van der Waals surface area contributed by atoms with Crippen LogP contribution in [0.25, 0.3) is 11.3 Å². The average Bonchev–Trinajstić information content (AvgIpc) is 3.03. The molecule has 2 aromatic carbocycles. The smallest absolute Gasteiger partial charge is 0.257 e. The Balaban J connectivity index is 1.75. The fraction of sp³-hybridized carbons (Fsp3) is 0.200.